The first-order valence-corrected chi connectivity index (χ1v) is 3.71. The van der Waals surface area contributed by atoms with Crippen LogP contribution in [0, 0.1) is 0 Å². The average molecular weight is 139 g/mol. The van der Waals surface area contributed by atoms with Crippen LogP contribution in [0.15, 0.2) is 12.2 Å². The van der Waals surface area contributed by atoms with Crippen LogP contribution < -0.4 is 5.32 Å². The van der Waals surface area contributed by atoms with Crippen LogP contribution in [0.5, 0.6) is 0 Å². The van der Waals surface area contributed by atoms with Gasteiger partial charge in [-0.05, 0) is 32.4 Å². The van der Waals surface area contributed by atoms with Gasteiger partial charge in [-0.25, -0.2) is 0 Å². The zero-order valence-corrected chi connectivity index (χ0v) is 6.26. The van der Waals surface area contributed by atoms with E-state index in [-0.39, 0.29) is 5.78 Å². The van der Waals surface area contributed by atoms with E-state index < -0.39 is 0 Å². The maximum absolute atomic E-state index is 10.5. The summed E-state index contributed by atoms with van der Waals surface area (Å²) in [6, 6.07) is 0.448. The SMILES string of the molecule is CC(=O)/C=C/C1CCCN1. The molecule has 0 saturated carbocycles. The third kappa shape index (κ3) is 2.31. The summed E-state index contributed by atoms with van der Waals surface area (Å²) >= 11 is 0. The van der Waals surface area contributed by atoms with Gasteiger partial charge in [-0.3, -0.25) is 4.79 Å². The standard InChI is InChI=1S/C8H13NO/c1-7(10)4-5-8-3-2-6-9-8/h4-5,8-9H,2-3,6H2,1H3/b5-4+. The second-order valence-corrected chi connectivity index (χ2v) is 2.67. The Hall–Kier alpha value is -0.630. The molecule has 1 fully saturated rings. The Kier molecular flexibility index (Phi) is 2.63. The van der Waals surface area contributed by atoms with E-state index in [1.54, 1.807) is 13.0 Å². The van der Waals surface area contributed by atoms with E-state index in [1.807, 2.05) is 6.08 Å². The van der Waals surface area contributed by atoms with Gasteiger partial charge in [-0.1, -0.05) is 6.08 Å². The fourth-order valence-electron chi connectivity index (χ4n) is 1.13. The van der Waals surface area contributed by atoms with Gasteiger partial charge in [0.05, 0.1) is 0 Å². The molecule has 0 amide bonds. The van der Waals surface area contributed by atoms with Crippen molar-refractivity contribution in [1.82, 2.24) is 5.32 Å². The number of rotatable bonds is 2. The predicted molar refractivity (Wildman–Crippen MR) is 40.8 cm³/mol. The maximum atomic E-state index is 10.5. The molecule has 2 nitrogen and oxygen atoms in total. The molecule has 1 heterocycles. The van der Waals surface area contributed by atoms with E-state index in [2.05, 4.69) is 5.32 Å². The van der Waals surface area contributed by atoms with Crippen LogP contribution in [-0.2, 0) is 4.79 Å². The quantitative estimate of drug-likeness (QED) is 0.575. The maximum Gasteiger partial charge on any atom is 0.152 e. The van der Waals surface area contributed by atoms with Crippen molar-refractivity contribution >= 4 is 5.78 Å². The molecule has 56 valence electrons. The molecular weight excluding hydrogens is 126 g/mol. The second kappa shape index (κ2) is 3.52. The highest BCUT2D eigenvalue weighted by Gasteiger charge is 2.09. The minimum atomic E-state index is 0.133. The number of nitrogens with one attached hydrogen (secondary N) is 1. The van der Waals surface area contributed by atoms with Gasteiger partial charge in [0.1, 0.15) is 0 Å². The predicted octanol–water partition coefficient (Wildman–Crippen LogP) is 0.884. The molecule has 10 heavy (non-hydrogen) atoms. The summed E-state index contributed by atoms with van der Waals surface area (Å²) in [7, 11) is 0. The number of hydrogen-bond donors (Lipinski definition) is 1. The normalized spacial score (nSPS) is 25.9. The average Bonchev–Trinajstić information content (AvgIpc) is 2.34. The zero-order valence-electron chi connectivity index (χ0n) is 6.26. The molecule has 1 rings (SSSR count). The van der Waals surface area contributed by atoms with Crippen molar-refractivity contribution in [2.24, 2.45) is 0 Å². The van der Waals surface area contributed by atoms with Crippen molar-refractivity contribution in [2.75, 3.05) is 6.54 Å². The van der Waals surface area contributed by atoms with E-state index in [0.717, 1.165) is 6.54 Å². The van der Waals surface area contributed by atoms with Gasteiger partial charge in [0, 0.05) is 6.04 Å². The van der Waals surface area contributed by atoms with Crippen molar-refractivity contribution < 1.29 is 4.79 Å². The minimum absolute atomic E-state index is 0.133. The topological polar surface area (TPSA) is 29.1 Å². The molecule has 0 aromatic rings. The molecule has 1 aliphatic rings. The first kappa shape index (κ1) is 7.48. The van der Waals surface area contributed by atoms with Crippen molar-refractivity contribution in [1.29, 1.82) is 0 Å². The van der Waals surface area contributed by atoms with E-state index in [0.29, 0.717) is 6.04 Å². The monoisotopic (exact) mass is 139 g/mol. The molecule has 0 aromatic carbocycles. The first-order valence-electron chi connectivity index (χ1n) is 3.71. The van der Waals surface area contributed by atoms with E-state index in [1.165, 1.54) is 12.8 Å². The molecular formula is C8H13NO. The van der Waals surface area contributed by atoms with Crippen LogP contribution in [-0.4, -0.2) is 18.4 Å². The van der Waals surface area contributed by atoms with Crippen LogP contribution >= 0.6 is 0 Å². The Morgan fingerprint density at radius 3 is 3.00 bits per heavy atom. The van der Waals surface area contributed by atoms with E-state index >= 15 is 0 Å². The van der Waals surface area contributed by atoms with Crippen molar-refractivity contribution in [3.63, 3.8) is 0 Å². The third-order valence-electron chi connectivity index (χ3n) is 1.66. The molecule has 1 unspecified atom stereocenters. The lowest BCUT2D eigenvalue weighted by Crippen LogP contribution is -2.18. The van der Waals surface area contributed by atoms with Gasteiger partial charge in [-0.15, -0.1) is 0 Å². The lowest BCUT2D eigenvalue weighted by atomic mass is 10.2. The molecule has 0 aliphatic carbocycles. The van der Waals surface area contributed by atoms with Gasteiger partial charge >= 0.3 is 0 Å². The second-order valence-electron chi connectivity index (χ2n) is 2.67. The molecule has 1 saturated heterocycles. The van der Waals surface area contributed by atoms with Gasteiger partial charge < -0.3 is 5.32 Å². The Labute approximate surface area is 61.3 Å². The fraction of sp³-hybridized carbons (Fsp3) is 0.625. The number of ketones is 1. The molecule has 0 aromatic heterocycles. The summed E-state index contributed by atoms with van der Waals surface area (Å²) < 4.78 is 0. The van der Waals surface area contributed by atoms with Crippen LogP contribution in [0.3, 0.4) is 0 Å². The molecule has 0 spiro atoms. The van der Waals surface area contributed by atoms with Crippen LogP contribution in [0.4, 0.5) is 0 Å². The lowest BCUT2D eigenvalue weighted by molar-refractivity contribution is -0.112. The highest BCUT2D eigenvalue weighted by atomic mass is 16.1. The largest absolute Gasteiger partial charge is 0.311 e. The Morgan fingerprint density at radius 1 is 1.70 bits per heavy atom. The van der Waals surface area contributed by atoms with Gasteiger partial charge in [0.25, 0.3) is 0 Å². The summed E-state index contributed by atoms with van der Waals surface area (Å²) in [5.74, 6) is 0.133. The highest BCUT2D eigenvalue weighted by molar-refractivity contribution is 5.87. The van der Waals surface area contributed by atoms with Crippen LogP contribution in [0.25, 0.3) is 0 Å². The number of carbonyl (C=O) groups excluding carboxylic acids is 1. The Bertz CT molecular complexity index is 145. The summed E-state index contributed by atoms with van der Waals surface area (Å²) in [5, 5.41) is 3.27. The van der Waals surface area contributed by atoms with Crippen molar-refractivity contribution in [3.8, 4) is 0 Å². The Balaban J connectivity index is 2.29. The minimum Gasteiger partial charge on any atom is -0.311 e. The van der Waals surface area contributed by atoms with Gasteiger partial charge in [-0.2, -0.15) is 0 Å². The van der Waals surface area contributed by atoms with Crippen molar-refractivity contribution in [3.05, 3.63) is 12.2 Å². The third-order valence-corrected chi connectivity index (χ3v) is 1.66. The van der Waals surface area contributed by atoms with Gasteiger partial charge in [0.2, 0.25) is 0 Å². The molecule has 0 bridgehead atoms. The number of carbonyl (C=O) groups is 1. The molecule has 0 radical (unpaired) electrons. The fourth-order valence-corrected chi connectivity index (χ4v) is 1.13. The molecule has 1 aliphatic heterocycles. The molecule has 1 N–H and O–H groups in total. The molecule has 2 heteroatoms. The van der Waals surface area contributed by atoms with E-state index in [9.17, 15) is 4.79 Å². The number of allylic oxidation sites excluding steroid dienone is 1. The van der Waals surface area contributed by atoms with E-state index in [4.69, 9.17) is 0 Å². The Morgan fingerprint density at radius 2 is 2.50 bits per heavy atom. The summed E-state index contributed by atoms with van der Waals surface area (Å²) in [4.78, 5) is 10.5. The smallest absolute Gasteiger partial charge is 0.152 e. The summed E-state index contributed by atoms with van der Waals surface area (Å²) in [6.45, 7) is 2.67. The molecule has 1 atom stereocenters. The zero-order chi connectivity index (χ0) is 7.40. The van der Waals surface area contributed by atoms with Crippen LogP contribution in [0.1, 0.15) is 19.8 Å². The number of hydrogen-bond acceptors (Lipinski definition) is 2. The van der Waals surface area contributed by atoms with Crippen LogP contribution in [0.2, 0.25) is 0 Å². The highest BCUT2D eigenvalue weighted by Crippen LogP contribution is 2.05. The first-order chi connectivity index (χ1) is 4.79. The summed E-state index contributed by atoms with van der Waals surface area (Å²) in [5.41, 5.74) is 0. The van der Waals surface area contributed by atoms with Gasteiger partial charge in [0.15, 0.2) is 5.78 Å². The summed E-state index contributed by atoms with van der Waals surface area (Å²) in [6.07, 6.45) is 6.00. The lowest BCUT2D eigenvalue weighted by Gasteiger charge is -1.99. The van der Waals surface area contributed by atoms with Crippen molar-refractivity contribution in [2.45, 2.75) is 25.8 Å².